The Balaban J connectivity index is 1.41. The smallest absolute Gasteiger partial charge is 0.236 e. The van der Waals surface area contributed by atoms with E-state index in [4.69, 9.17) is 5.73 Å². The van der Waals surface area contributed by atoms with Crippen LogP contribution in [0.15, 0.2) is 0 Å². The van der Waals surface area contributed by atoms with Gasteiger partial charge >= 0.3 is 0 Å². The molecule has 1 saturated carbocycles. The summed E-state index contributed by atoms with van der Waals surface area (Å²) in [6.07, 6.45) is 11.3. The van der Waals surface area contributed by atoms with Gasteiger partial charge in [-0.25, -0.2) is 0 Å². The van der Waals surface area contributed by atoms with Gasteiger partial charge in [0.2, 0.25) is 5.91 Å². The minimum atomic E-state index is 0.350. The second-order valence-electron chi connectivity index (χ2n) is 8.52. The van der Waals surface area contributed by atoms with Gasteiger partial charge in [-0.05, 0) is 64.1 Å². The number of amides is 1. The molecule has 0 aromatic rings. The van der Waals surface area contributed by atoms with Crippen molar-refractivity contribution < 1.29 is 4.79 Å². The largest absolute Gasteiger partial charge is 0.340 e. The lowest BCUT2D eigenvalue weighted by molar-refractivity contribution is -0.132. The average Bonchev–Trinajstić information content (AvgIpc) is 2.98. The van der Waals surface area contributed by atoms with Gasteiger partial charge in [-0.2, -0.15) is 0 Å². The van der Waals surface area contributed by atoms with E-state index in [0.29, 0.717) is 18.5 Å². The number of carbonyl (C=O) groups is 1. The maximum atomic E-state index is 12.7. The fraction of sp³-hybridized carbons (Fsp3) is 0.950. The van der Waals surface area contributed by atoms with E-state index >= 15 is 0 Å². The highest BCUT2D eigenvalue weighted by Crippen LogP contribution is 2.24. The molecular weight excluding hydrogens is 312 g/mol. The average molecular weight is 351 g/mol. The van der Waals surface area contributed by atoms with E-state index in [9.17, 15) is 4.79 Å². The Kier molecular flexibility index (Phi) is 7.56. The van der Waals surface area contributed by atoms with Crippen LogP contribution in [0.2, 0.25) is 0 Å². The van der Waals surface area contributed by atoms with E-state index in [1.54, 1.807) is 0 Å². The molecule has 0 bridgehead atoms. The molecule has 2 aliphatic heterocycles. The molecule has 2 saturated heterocycles. The van der Waals surface area contributed by atoms with Gasteiger partial charge in [0.25, 0.3) is 0 Å². The minimum Gasteiger partial charge on any atom is -0.340 e. The molecule has 5 heteroatoms. The van der Waals surface area contributed by atoms with Crippen molar-refractivity contribution in [1.82, 2.24) is 14.7 Å². The van der Waals surface area contributed by atoms with Crippen LogP contribution in [0.5, 0.6) is 0 Å². The highest BCUT2D eigenvalue weighted by Gasteiger charge is 2.25. The number of carbonyl (C=O) groups excluding carboxylic acids is 1. The molecule has 0 radical (unpaired) electrons. The topological polar surface area (TPSA) is 52.8 Å². The van der Waals surface area contributed by atoms with Gasteiger partial charge < -0.3 is 15.5 Å². The normalized spacial score (nSPS) is 30.7. The zero-order chi connectivity index (χ0) is 17.5. The van der Waals surface area contributed by atoms with Crippen molar-refractivity contribution in [3.05, 3.63) is 0 Å². The number of likely N-dealkylation sites (tertiary alicyclic amines) is 1. The van der Waals surface area contributed by atoms with E-state index in [1.165, 1.54) is 57.9 Å². The van der Waals surface area contributed by atoms with Crippen molar-refractivity contribution in [2.45, 2.75) is 63.8 Å². The molecule has 3 rings (SSSR count). The first-order valence-corrected chi connectivity index (χ1v) is 10.7. The molecule has 1 amide bonds. The lowest BCUT2D eigenvalue weighted by atomic mass is 9.86. The highest BCUT2D eigenvalue weighted by molar-refractivity contribution is 5.78. The van der Waals surface area contributed by atoms with Gasteiger partial charge in [0, 0.05) is 32.2 Å². The molecule has 0 unspecified atom stereocenters. The maximum Gasteiger partial charge on any atom is 0.236 e. The van der Waals surface area contributed by atoms with Crippen molar-refractivity contribution in [1.29, 1.82) is 0 Å². The number of nitrogens with two attached hydrogens (primary N) is 1. The Morgan fingerprint density at radius 3 is 2.32 bits per heavy atom. The first kappa shape index (κ1) is 19.1. The molecule has 0 spiro atoms. The molecule has 144 valence electrons. The fourth-order valence-electron chi connectivity index (χ4n) is 4.85. The Labute approximate surface area is 153 Å². The van der Waals surface area contributed by atoms with Crippen molar-refractivity contribution in [3.8, 4) is 0 Å². The summed E-state index contributed by atoms with van der Waals surface area (Å²) in [6.45, 7) is 8.05. The summed E-state index contributed by atoms with van der Waals surface area (Å²) in [5.74, 6) is 1.12. The van der Waals surface area contributed by atoms with Crippen LogP contribution >= 0.6 is 0 Å². The number of nitrogens with zero attached hydrogens (tertiary/aromatic N) is 3. The third kappa shape index (κ3) is 6.22. The first-order chi connectivity index (χ1) is 12.2. The summed E-state index contributed by atoms with van der Waals surface area (Å²) in [4.78, 5) is 19.8. The molecule has 0 aromatic heterocycles. The zero-order valence-electron chi connectivity index (χ0n) is 16.0. The zero-order valence-corrected chi connectivity index (χ0v) is 16.0. The molecular formula is C20H38N4O. The predicted octanol–water partition coefficient (Wildman–Crippen LogP) is 1.91. The highest BCUT2D eigenvalue weighted by atomic mass is 16.2. The van der Waals surface area contributed by atoms with Crippen LogP contribution in [0.4, 0.5) is 0 Å². The van der Waals surface area contributed by atoms with E-state index in [2.05, 4.69) is 14.7 Å². The lowest BCUT2D eigenvalue weighted by Crippen LogP contribution is -2.43. The van der Waals surface area contributed by atoms with Gasteiger partial charge in [-0.1, -0.05) is 19.3 Å². The quantitative estimate of drug-likeness (QED) is 0.842. The molecule has 5 nitrogen and oxygen atoms in total. The van der Waals surface area contributed by atoms with Crippen LogP contribution in [-0.4, -0.2) is 79.0 Å². The van der Waals surface area contributed by atoms with Gasteiger partial charge in [-0.15, -0.1) is 0 Å². The summed E-state index contributed by atoms with van der Waals surface area (Å²) in [5.41, 5.74) is 6.15. The molecule has 0 aromatic carbocycles. The molecule has 2 heterocycles. The Bertz CT molecular complexity index is 409. The van der Waals surface area contributed by atoms with E-state index in [1.807, 2.05) is 0 Å². The van der Waals surface area contributed by atoms with Crippen LogP contribution in [-0.2, 0) is 4.79 Å². The lowest BCUT2D eigenvalue weighted by Gasteiger charge is -2.31. The predicted molar refractivity (Wildman–Crippen MR) is 102 cm³/mol. The molecule has 3 aliphatic rings. The number of hydrogen-bond donors (Lipinski definition) is 1. The minimum absolute atomic E-state index is 0.350. The Morgan fingerprint density at radius 2 is 1.56 bits per heavy atom. The van der Waals surface area contributed by atoms with Gasteiger partial charge in [-0.3, -0.25) is 9.69 Å². The Morgan fingerprint density at radius 1 is 0.800 bits per heavy atom. The van der Waals surface area contributed by atoms with Crippen molar-refractivity contribution in [2.24, 2.45) is 11.7 Å². The van der Waals surface area contributed by atoms with Gasteiger partial charge in [0.05, 0.1) is 6.54 Å². The van der Waals surface area contributed by atoms with Crippen LogP contribution < -0.4 is 5.73 Å². The monoisotopic (exact) mass is 350 g/mol. The summed E-state index contributed by atoms with van der Waals surface area (Å²) in [7, 11) is 0. The first-order valence-electron chi connectivity index (χ1n) is 10.7. The van der Waals surface area contributed by atoms with Crippen LogP contribution in [0.1, 0.15) is 57.8 Å². The van der Waals surface area contributed by atoms with Crippen molar-refractivity contribution >= 4 is 5.91 Å². The Hall–Kier alpha value is -0.650. The van der Waals surface area contributed by atoms with Crippen molar-refractivity contribution in [2.75, 3.05) is 52.4 Å². The summed E-state index contributed by atoms with van der Waals surface area (Å²) < 4.78 is 0. The molecule has 2 atom stereocenters. The standard InChI is InChI=1S/C20H38N4O/c21-19-8-5-7-18(15-19)16-23-11-6-12-24(14-13-23)20(25)17-22-9-3-1-2-4-10-22/h18-19H,1-17,21H2/t18-,19+/m1/s1. The molecule has 25 heavy (non-hydrogen) atoms. The molecule has 2 N–H and O–H groups in total. The van der Waals surface area contributed by atoms with Gasteiger partial charge in [0.15, 0.2) is 0 Å². The second kappa shape index (κ2) is 9.89. The molecule has 1 aliphatic carbocycles. The fourth-order valence-corrected chi connectivity index (χ4v) is 4.85. The summed E-state index contributed by atoms with van der Waals surface area (Å²) in [6, 6.07) is 0.414. The third-order valence-corrected chi connectivity index (χ3v) is 6.34. The van der Waals surface area contributed by atoms with E-state index < -0.39 is 0 Å². The van der Waals surface area contributed by atoms with Crippen LogP contribution in [0.25, 0.3) is 0 Å². The number of rotatable bonds is 4. The van der Waals surface area contributed by atoms with Gasteiger partial charge in [0.1, 0.15) is 0 Å². The maximum absolute atomic E-state index is 12.7. The summed E-state index contributed by atoms with van der Waals surface area (Å²) >= 11 is 0. The third-order valence-electron chi connectivity index (χ3n) is 6.34. The van der Waals surface area contributed by atoms with Crippen molar-refractivity contribution in [3.63, 3.8) is 0 Å². The summed E-state index contributed by atoms with van der Waals surface area (Å²) in [5, 5.41) is 0. The van der Waals surface area contributed by atoms with Crippen LogP contribution in [0, 0.1) is 5.92 Å². The van der Waals surface area contributed by atoms with Crippen LogP contribution in [0.3, 0.4) is 0 Å². The van der Waals surface area contributed by atoms with E-state index in [-0.39, 0.29) is 0 Å². The van der Waals surface area contributed by atoms with E-state index in [0.717, 1.165) is 51.6 Å². The number of hydrogen-bond acceptors (Lipinski definition) is 4. The molecule has 3 fully saturated rings. The SMILES string of the molecule is N[C@H]1CCC[C@@H](CN2CCCN(C(=O)CN3CCCCCC3)CC2)C1. The second-order valence-corrected chi connectivity index (χ2v) is 8.52.